The van der Waals surface area contributed by atoms with Gasteiger partial charge in [0.1, 0.15) is 12.2 Å². The Kier molecular flexibility index (Phi) is 1.46. The molecule has 3 aliphatic heterocycles. The first-order chi connectivity index (χ1) is 6.86. The highest BCUT2D eigenvalue weighted by atomic mass is 35.5. The van der Waals surface area contributed by atoms with E-state index in [1.54, 1.807) is 6.21 Å². The molecule has 3 aliphatic rings. The van der Waals surface area contributed by atoms with Crippen molar-refractivity contribution in [3.8, 4) is 0 Å². The normalized spacial score (nSPS) is 22.2. The lowest BCUT2D eigenvalue weighted by Gasteiger charge is -2.31. The highest BCUT2D eigenvalue weighted by molar-refractivity contribution is 6.33. The van der Waals surface area contributed by atoms with Gasteiger partial charge in [0.2, 0.25) is 5.96 Å². The molecule has 68 valence electrons. The molecule has 5 heteroatoms. The number of hydrogen-bond donors (Lipinski definition) is 0. The fraction of sp³-hybridized carbons (Fsp3) is 0. The molecule has 0 aromatic heterocycles. The molecule has 0 bridgehead atoms. The molecular weight excluding hydrogens is 200 g/mol. The molecule has 0 aromatic rings. The van der Waals surface area contributed by atoms with E-state index >= 15 is 0 Å². The zero-order chi connectivity index (χ0) is 9.54. The average molecular weight is 205 g/mol. The summed E-state index contributed by atoms with van der Waals surface area (Å²) in [6.45, 7) is 0. The van der Waals surface area contributed by atoms with E-state index in [4.69, 9.17) is 11.6 Å². The van der Waals surface area contributed by atoms with Crippen LogP contribution in [0.2, 0.25) is 0 Å². The van der Waals surface area contributed by atoms with Crippen LogP contribution in [0, 0.1) is 0 Å². The number of halogens is 1. The van der Waals surface area contributed by atoms with Crippen molar-refractivity contribution in [1.82, 2.24) is 4.90 Å². The third-order valence-electron chi connectivity index (χ3n) is 2.08. The summed E-state index contributed by atoms with van der Waals surface area (Å²) in [6, 6.07) is 0. The molecule has 3 heterocycles. The van der Waals surface area contributed by atoms with Gasteiger partial charge in [-0.25, -0.2) is 15.0 Å². The molecule has 0 N–H and O–H groups in total. The van der Waals surface area contributed by atoms with Gasteiger partial charge in [-0.3, -0.25) is 4.90 Å². The summed E-state index contributed by atoms with van der Waals surface area (Å²) in [5.41, 5.74) is 0.870. The van der Waals surface area contributed by atoms with Crippen LogP contribution in [-0.4, -0.2) is 23.4 Å². The highest BCUT2D eigenvalue weighted by Crippen LogP contribution is 2.31. The minimum Gasteiger partial charge on any atom is -0.261 e. The van der Waals surface area contributed by atoms with Gasteiger partial charge in [-0.1, -0.05) is 11.6 Å². The van der Waals surface area contributed by atoms with E-state index in [9.17, 15) is 0 Å². The summed E-state index contributed by atoms with van der Waals surface area (Å²) in [7, 11) is 0. The van der Waals surface area contributed by atoms with Crippen molar-refractivity contribution in [2.45, 2.75) is 0 Å². The molecule has 0 unspecified atom stereocenters. The molecular formula is C9H5ClN4. The van der Waals surface area contributed by atoms with Crippen LogP contribution in [0.25, 0.3) is 0 Å². The fourth-order valence-corrected chi connectivity index (χ4v) is 1.68. The monoisotopic (exact) mass is 204 g/mol. The molecule has 0 radical (unpaired) electrons. The molecule has 0 saturated heterocycles. The van der Waals surface area contributed by atoms with Gasteiger partial charge in [0, 0.05) is 6.21 Å². The Hall–Kier alpha value is -1.68. The van der Waals surface area contributed by atoms with E-state index in [2.05, 4.69) is 15.0 Å². The lowest BCUT2D eigenvalue weighted by molar-refractivity contribution is 0.616. The maximum Gasteiger partial charge on any atom is 0.237 e. The quantitative estimate of drug-likeness (QED) is 0.591. The maximum atomic E-state index is 6.04. The fourth-order valence-electron chi connectivity index (χ4n) is 1.47. The van der Waals surface area contributed by atoms with Gasteiger partial charge in [-0.05, 0) is 18.2 Å². The second-order valence-corrected chi connectivity index (χ2v) is 3.29. The van der Waals surface area contributed by atoms with Crippen molar-refractivity contribution in [2.75, 3.05) is 0 Å². The number of allylic oxidation sites excluding steroid dienone is 4. The van der Waals surface area contributed by atoms with Crippen molar-refractivity contribution in [3.63, 3.8) is 0 Å². The van der Waals surface area contributed by atoms with Gasteiger partial charge >= 0.3 is 0 Å². The van der Waals surface area contributed by atoms with E-state index in [1.807, 2.05) is 23.1 Å². The molecule has 0 spiro atoms. The standard InChI is InChI=1S/C9H5ClN4/c10-6-1-2-8-12-5-13-9-11-4-3-7(6)14(8)9/h1-5H. The molecule has 0 fully saturated rings. The Bertz CT molecular complexity index is 479. The van der Waals surface area contributed by atoms with Crippen LogP contribution in [0.3, 0.4) is 0 Å². The van der Waals surface area contributed by atoms with Crippen LogP contribution in [0.15, 0.2) is 49.8 Å². The molecule has 0 atom stereocenters. The minimum absolute atomic E-state index is 0.606. The van der Waals surface area contributed by atoms with Crippen molar-refractivity contribution >= 4 is 30.1 Å². The SMILES string of the molecule is ClC1=CC=C2N=CN=C3N=CC=C1N23. The lowest BCUT2D eigenvalue weighted by Crippen LogP contribution is -2.33. The first kappa shape index (κ1) is 7.70. The van der Waals surface area contributed by atoms with E-state index in [-0.39, 0.29) is 0 Å². The van der Waals surface area contributed by atoms with Crippen LogP contribution in [0.5, 0.6) is 0 Å². The van der Waals surface area contributed by atoms with E-state index < -0.39 is 0 Å². The predicted octanol–water partition coefficient (Wildman–Crippen LogP) is 1.63. The second-order valence-electron chi connectivity index (χ2n) is 2.88. The number of rotatable bonds is 0. The van der Waals surface area contributed by atoms with E-state index in [1.165, 1.54) is 6.34 Å². The Morgan fingerprint density at radius 3 is 3.00 bits per heavy atom. The molecule has 0 amide bonds. The third-order valence-corrected chi connectivity index (χ3v) is 2.40. The van der Waals surface area contributed by atoms with Gasteiger partial charge in [-0.15, -0.1) is 0 Å². The van der Waals surface area contributed by atoms with Crippen LogP contribution >= 0.6 is 11.6 Å². The number of aliphatic imine (C=N–C) groups is 3. The van der Waals surface area contributed by atoms with Crippen LogP contribution < -0.4 is 0 Å². The topological polar surface area (TPSA) is 40.3 Å². The summed E-state index contributed by atoms with van der Waals surface area (Å²) in [4.78, 5) is 14.1. The zero-order valence-electron chi connectivity index (χ0n) is 7.05. The van der Waals surface area contributed by atoms with Gasteiger partial charge in [-0.2, -0.15) is 0 Å². The highest BCUT2D eigenvalue weighted by Gasteiger charge is 2.27. The van der Waals surface area contributed by atoms with Gasteiger partial charge in [0.25, 0.3) is 0 Å². The number of guanidine groups is 1. The smallest absolute Gasteiger partial charge is 0.237 e. The minimum atomic E-state index is 0.606. The van der Waals surface area contributed by atoms with E-state index in [0.717, 1.165) is 11.5 Å². The summed E-state index contributed by atoms with van der Waals surface area (Å²) in [6.07, 6.45) is 8.67. The molecule has 0 aromatic carbocycles. The van der Waals surface area contributed by atoms with Gasteiger partial charge in [0.05, 0.1) is 10.7 Å². The van der Waals surface area contributed by atoms with Crippen molar-refractivity contribution in [3.05, 3.63) is 34.8 Å². The molecule has 3 rings (SSSR count). The zero-order valence-corrected chi connectivity index (χ0v) is 7.81. The second kappa shape index (κ2) is 2.65. The van der Waals surface area contributed by atoms with Crippen molar-refractivity contribution in [1.29, 1.82) is 0 Å². The van der Waals surface area contributed by atoms with Crippen molar-refractivity contribution in [2.24, 2.45) is 15.0 Å². The van der Waals surface area contributed by atoms with Gasteiger partial charge < -0.3 is 0 Å². The van der Waals surface area contributed by atoms with Crippen molar-refractivity contribution < 1.29 is 0 Å². The Balaban J connectivity index is 2.24. The summed E-state index contributed by atoms with van der Waals surface area (Å²) in [5.74, 6) is 1.40. The van der Waals surface area contributed by atoms with Gasteiger partial charge in [0.15, 0.2) is 0 Å². The summed E-state index contributed by atoms with van der Waals surface area (Å²) < 4.78 is 0. The number of hydrogen-bond acceptors (Lipinski definition) is 4. The molecule has 0 aliphatic carbocycles. The first-order valence-electron chi connectivity index (χ1n) is 4.09. The molecule has 14 heavy (non-hydrogen) atoms. The Morgan fingerprint density at radius 2 is 2.07 bits per heavy atom. The lowest BCUT2D eigenvalue weighted by atomic mass is 10.2. The summed E-state index contributed by atoms with van der Waals surface area (Å²) >= 11 is 6.04. The first-order valence-corrected chi connectivity index (χ1v) is 4.47. The average Bonchev–Trinajstić information content (AvgIpc) is 2.24. The Labute approximate surface area is 85.3 Å². The molecule has 0 saturated carbocycles. The summed E-state index contributed by atoms with van der Waals surface area (Å²) in [5, 5.41) is 0.671. The van der Waals surface area contributed by atoms with Crippen LogP contribution in [0.1, 0.15) is 0 Å². The third kappa shape index (κ3) is 0.914. The largest absolute Gasteiger partial charge is 0.261 e. The molecule has 4 nitrogen and oxygen atoms in total. The Morgan fingerprint density at radius 1 is 1.14 bits per heavy atom. The van der Waals surface area contributed by atoms with Crippen LogP contribution in [-0.2, 0) is 0 Å². The van der Waals surface area contributed by atoms with Crippen LogP contribution in [0.4, 0.5) is 0 Å². The predicted molar refractivity (Wildman–Crippen MR) is 56.4 cm³/mol. The number of nitrogens with zero attached hydrogens (tertiary/aromatic N) is 4. The maximum absolute atomic E-state index is 6.04. The van der Waals surface area contributed by atoms with E-state index in [0.29, 0.717) is 11.0 Å².